The van der Waals surface area contributed by atoms with Crippen molar-refractivity contribution >= 4 is 34.1 Å². The summed E-state index contributed by atoms with van der Waals surface area (Å²) >= 11 is 0. The van der Waals surface area contributed by atoms with Gasteiger partial charge in [-0.05, 0) is 18.6 Å². The summed E-state index contributed by atoms with van der Waals surface area (Å²) in [6.45, 7) is 1.90. The first kappa shape index (κ1) is 16.3. The van der Waals surface area contributed by atoms with Gasteiger partial charge in [0.1, 0.15) is 0 Å². The predicted octanol–water partition coefficient (Wildman–Crippen LogP) is 0.865. The van der Waals surface area contributed by atoms with Crippen LogP contribution in [0.2, 0.25) is 0 Å². The van der Waals surface area contributed by atoms with E-state index in [1.165, 1.54) is 6.08 Å². The van der Waals surface area contributed by atoms with Gasteiger partial charge in [-0.25, -0.2) is 14.4 Å². The molecule has 1 aromatic rings. The third kappa shape index (κ3) is 7.27. The van der Waals surface area contributed by atoms with Crippen LogP contribution in [0.15, 0.2) is 38.1 Å². The molecule has 8 nitrogen and oxygen atoms in total. The number of nitrogens with zero attached hydrogens (tertiary/aromatic N) is 3. The monoisotopic (exact) mass is 281 g/mol. The maximum Gasteiger partial charge on any atom is 0.383 e. The summed E-state index contributed by atoms with van der Waals surface area (Å²) in [7, 11) is -4.28. The van der Waals surface area contributed by atoms with Gasteiger partial charge >= 0.3 is 10.2 Å². The molecule has 1 rings (SSSR count). The zero-order valence-corrected chi connectivity index (χ0v) is 10.4. The van der Waals surface area contributed by atoms with E-state index >= 15 is 0 Å². The smallest absolute Gasteiger partial charge is 0.211 e. The molecule has 0 fully saturated rings. The Morgan fingerprint density at radius 3 is 1.89 bits per heavy atom. The van der Waals surface area contributed by atoms with Gasteiger partial charge in [0.15, 0.2) is 0 Å². The molecule has 0 amide bonds. The van der Waals surface area contributed by atoms with Gasteiger partial charge in [0, 0.05) is 0 Å². The molecule has 0 aliphatic carbocycles. The molecule has 0 spiro atoms. The van der Waals surface area contributed by atoms with Crippen molar-refractivity contribution in [2.24, 2.45) is 13.8 Å². The first-order chi connectivity index (χ1) is 8.96. The van der Waals surface area contributed by atoms with Crippen LogP contribution in [0.25, 0.3) is 0 Å². The minimum absolute atomic E-state index is 0.692. The summed E-state index contributed by atoms with van der Waals surface area (Å²) in [6, 6.07) is 7.42. The topological polar surface area (TPSA) is 122 Å². The van der Waals surface area contributed by atoms with Gasteiger partial charge in [-0.15, -0.1) is 0 Å². The average molecular weight is 281 g/mol. The van der Waals surface area contributed by atoms with E-state index in [0.29, 0.717) is 17.8 Å². The normalized spacial score (nSPS) is 8.68. The minimum Gasteiger partial charge on any atom is -0.211 e. The molecule has 0 saturated carbocycles. The molecule has 0 atom stereocenters. The van der Waals surface area contributed by atoms with Crippen LogP contribution in [0.5, 0.6) is 0 Å². The van der Waals surface area contributed by atoms with Crippen LogP contribution in [-0.4, -0.2) is 26.7 Å². The molecule has 0 radical (unpaired) electrons. The highest BCUT2D eigenvalue weighted by Gasteiger charge is 2.00. The van der Waals surface area contributed by atoms with Crippen molar-refractivity contribution in [2.75, 3.05) is 0 Å². The number of aliphatic imine (C=N–C) groups is 1. The standard InChI is InChI=1S/C8H7NO.C2N2O4S/c1-7-4-2-3-5-8(7)9-6-10;5-1-3-9(7,8)4-2-6/h2-5H,1H3;. The summed E-state index contributed by atoms with van der Waals surface area (Å²) in [5.41, 5.74) is 1.68. The quantitative estimate of drug-likeness (QED) is 0.600. The number of rotatable bonds is 3. The number of aryl methyl sites for hydroxylation is 1. The Labute approximate surface area is 108 Å². The van der Waals surface area contributed by atoms with Gasteiger partial charge in [0.25, 0.3) is 12.2 Å². The lowest BCUT2D eigenvalue weighted by atomic mass is 10.2. The summed E-state index contributed by atoms with van der Waals surface area (Å²) in [5, 5.41) is 0. The van der Waals surface area contributed by atoms with E-state index < -0.39 is 10.2 Å². The molecule has 0 unspecified atom stereocenters. The molecule has 0 N–H and O–H groups in total. The molecule has 19 heavy (non-hydrogen) atoms. The maximum atomic E-state index is 9.97. The highest BCUT2D eigenvalue weighted by Crippen LogP contribution is 2.15. The molecule has 0 aliphatic heterocycles. The van der Waals surface area contributed by atoms with Crippen molar-refractivity contribution in [2.45, 2.75) is 6.92 Å². The Hall–Kier alpha value is -2.69. The molecular formula is C10H7N3O5S. The van der Waals surface area contributed by atoms with Crippen molar-refractivity contribution in [1.29, 1.82) is 0 Å². The second kappa shape index (κ2) is 8.41. The number of hydrogen-bond acceptors (Lipinski definition) is 6. The third-order valence-electron chi connectivity index (χ3n) is 1.59. The second-order valence-corrected chi connectivity index (χ2v) is 4.06. The van der Waals surface area contributed by atoms with Gasteiger partial charge in [0.05, 0.1) is 5.69 Å². The number of para-hydroxylation sites is 1. The van der Waals surface area contributed by atoms with Crippen molar-refractivity contribution in [1.82, 2.24) is 0 Å². The van der Waals surface area contributed by atoms with Gasteiger partial charge in [-0.3, -0.25) is 0 Å². The maximum absolute atomic E-state index is 9.97. The lowest BCUT2D eigenvalue weighted by Crippen LogP contribution is -1.86. The van der Waals surface area contributed by atoms with E-state index in [0.717, 1.165) is 5.56 Å². The van der Waals surface area contributed by atoms with Crippen LogP contribution in [0.3, 0.4) is 0 Å². The van der Waals surface area contributed by atoms with Crippen LogP contribution in [0.1, 0.15) is 5.56 Å². The predicted molar refractivity (Wildman–Crippen MR) is 64.1 cm³/mol. The Balaban J connectivity index is 0.000000344. The zero-order valence-electron chi connectivity index (χ0n) is 9.60. The number of benzene rings is 1. The molecule has 0 aliphatic rings. The van der Waals surface area contributed by atoms with Gasteiger partial charge in [-0.2, -0.15) is 13.4 Å². The fraction of sp³-hybridized carbons (Fsp3) is 0.100. The third-order valence-corrected chi connectivity index (χ3v) is 2.20. The summed E-state index contributed by atoms with van der Waals surface area (Å²) in [4.78, 5) is 31.8. The fourth-order valence-corrected chi connectivity index (χ4v) is 1.08. The van der Waals surface area contributed by atoms with E-state index in [-0.39, 0.29) is 0 Å². The van der Waals surface area contributed by atoms with Gasteiger partial charge in [-0.1, -0.05) is 27.0 Å². The molecule has 98 valence electrons. The largest absolute Gasteiger partial charge is 0.383 e. The van der Waals surface area contributed by atoms with Crippen molar-refractivity contribution in [3.63, 3.8) is 0 Å². The summed E-state index contributed by atoms with van der Waals surface area (Å²) < 4.78 is 24.3. The van der Waals surface area contributed by atoms with Crippen LogP contribution in [-0.2, 0) is 24.6 Å². The Morgan fingerprint density at radius 2 is 1.47 bits per heavy atom. The number of carbonyl (C=O) groups excluding carboxylic acids is 3. The zero-order chi connectivity index (χ0) is 14.7. The van der Waals surface area contributed by atoms with Crippen LogP contribution in [0.4, 0.5) is 5.69 Å². The van der Waals surface area contributed by atoms with Gasteiger partial charge < -0.3 is 0 Å². The average Bonchev–Trinajstić information content (AvgIpc) is 2.33. The summed E-state index contributed by atoms with van der Waals surface area (Å²) in [6.07, 6.45) is 2.91. The van der Waals surface area contributed by atoms with Crippen LogP contribution < -0.4 is 0 Å². The lowest BCUT2D eigenvalue weighted by Gasteiger charge is -1.92. The molecule has 0 heterocycles. The van der Waals surface area contributed by atoms with E-state index in [4.69, 9.17) is 0 Å². The number of hydrogen-bond donors (Lipinski definition) is 0. The molecule has 1 aromatic carbocycles. The Morgan fingerprint density at radius 1 is 0.947 bits per heavy atom. The van der Waals surface area contributed by atoms with E-state index in [1.807, 2.05) is 25.1 Å². The van der Waals surface area contributed by atoms with E-state index in [1.54, 1.807) is 6.07 Å². The first-order valence-corrected chi connectivity index (χ1v) is 5.93. The molecule has 9 heteroatoms. The van der Waals surface area contributed by atoms with Gasteiger partial charge in [0.2, 0.25) is 6.08 Å². The van der Waals surface area contributed by atoms with Crippen LogP contribution in [0, 0.1) is 6.92 Å². The second-order valence-electron chi connectivity index (χ2n) is 2.80. The number of isocyanates is 3. The fourth-order valence-electron chi connectivity index (χ4n) is 0.853. The SMILES string of the molecule is Cc1ccccc1N=C=O.O=C=NS(=O)(=O)N=C=O. The van der Waals surface area contributed by atoms with Crippen molar-refractivity contribution < 1.29 is 22.8 Å². The Kier molecular flexibility index (Phi) is 7.22. The highest BCUT2D eigenvalue weighted by molar-refractivity contribution is 7.89. The first-order valence-electron chi connectivity index (χ1n) is 4.53. The summed E-state index contributed by atoms with van der Waals surface area (Å²) in [5.74, 6) is 0. The van der Waals surface area contributed by atoms with E-state index in [9.17, 15) is 22.8 Å². The minimum atomic E-state index is -4.28. The molecular weight excluding hydrogens is 274 g/mol. The molecule has 0 bridgehead atoms. The van der Waals surface area contributed by atoms with Crippen molar-refractivity contribution in [3.8, 4) is 0 Å². The van der Waals surface area contributed by atoms with E-state index in [2.05, 4.69) is 13.8 Å². The van der Waals surface area contributed by atoms with Crippen molar-refractivity contribution in [3.05, 3.63) is 29.8 Å². The van der Waals surface area contributed by atoms with Crippen LogP contribution >= 0.6 is 0 Å². The Bertz CT molecular complexity index is 655. The molecule has 0 saturated heterocycles. The molecule has 0 aromatic heterocycles. The highest BCUT2D eigenvalue weighted by atomic mass is 32.2. The lowest BCUT2D eigenvalue weighted by molar-refractivity contribution is 0.561.